The average molecular weight is 318 g/mol. The Kier molecular flexibility index (Phi) is 5.19. The summed E-state index contributed by atoms with van der Waals surface area (Å²) in [6, 6.07) is 5.07. The van der Waals surface area contributed by atoms with E-state index in [0.29, 0.717) is 22.8 Å². The largest absolute Gasteiger partial charge is 0.493 e. The highest BCUT2D eigenvalue weighted by Crippen LogP contribution is 2.37. The number of hydrogen-bond donors (Lipinski definition) is 2. The highest BCUT2D eigenvalue weighted by Gasteiger charge is 2.12. The molecule has 1 heterocycles. The van der Waals surface area contributed by atoms with Crippen LogP contribution in [0, 0.1) is 6.92 Å². The lowest BCUT2D eigenvalue weighted by atomic mass is 10.2. The average Bonchev–Trinajstić information content (AvgIpc) is 3.00. The van der Waals surface area contributed by atoms with Gasteiger partial charge >= 0.3 is 0 Å². The minimum absolute atomic E-state index is 0.268. The third-order valence-electron chi connectivity index (χ3n) is 3.01. The maximum atomic E-state index is 11.8. The van der Waals surface area contributed by atoms with Crippen molar-refractivity contribution in [2.45, 2.75) is 6.92 Å². The fourth-order valence-electron chi connectivity index (χ4n) is 1.93. The van der Waals surface area contributed by atoms with Gasteiger partial charge in [-0.1, -0.05) is 0 Å². The molecule has 2 aromatic rings. The molecule has 0 aliphatic heterocycles. The molecule has 8 nitrogen and oxygen atoms in total. The number of rotatable bonds is 6. The van der Waals surface area contributed by atoms with Crippen molar-refractivity contribution in [2.75, 3.05) is 21.3 Å². The van der Waals surface area contributed by atoms with E-state index in [9.17, 15) is 4.79 Å². The van der Waals surface area contributed by atoms with Gasteiger partial charge in [0.15, 0.2) is 17.2 Å². The van der Waals surface area contributed by atoms with Crippen LogP contribution in [-0.2, 0) is 0 Å². The van der Waals surface area contributed by atoms with Crippen LogP contribution < -0.4 is 19.6 Å². The summed E-state index contributed by atoms with van der Waals surface area (Å²) in [4.78, 5) is 11.8. The Bertz CT molecular complexity index is 699. The van der Waals surface area contributed by atoms with Gasteiger partial charge in [-0.2, -0.15) is 10.2 Å². The van der Waals surface area contributed by atoms with E-state index in [4.69, 9.17) is 14.2 Å². The summed E-state index contributed by atoms with van der Waals surface area (Å²) in [6.07, 6.45) is 1.47. The number of amides is 1. The molecular weight excluding hydrogens is 300 g/mol. The van der Waals surface area contributed by atoms with Crippen LogP contribution in [0.1, 0.15) is 21.7 Å². The van der Waals surface area contributed by atoms with Gasteiger partial charge in [-0.25, -0.2) is 5.43 Å². The number of benzene rings is 1. The number of nitrogens with zero attached hydrogens (tertiary/aromatic N) is 2. The number of carbonyl (C=O) groups excluding carboxylic acids is 1. The summed E-state index contributed by atoms with van der Waals surface area (Å²) in [7, 11) is 4.58. The molecule has 1 amide bonds. The van der Waals surface area contributed by atoms with E-state index in [2.05, 4.69) is 20.7 Å². The fraction of sp³-hybridized carbons (Fsp3) is 0.267. The number of aryl methyl sites for hydroxylation is 1. The van der Waals surface area contributed by atoms with Crippen molar-refractivity contribution in [3.05, 3.63) is 35.2 Å². The summed E-state index contributed by atoms with van der Waals surface area (Å²) in [5.74, 6) is 1.09. The molecule has 0 aliphatic rings. The van der Waals surface area contributed by atoms with Crippen molar-refractivity contribution < 1.29 is 19.0 Å². The number of H-pyrrole nitrogens is 1. The van der Waals surface area contributed by atoms with Crippen molar-refractivity contribution in [3.63, 3.8) is 0 Å². The predicted molar refractivity (Wildman–Crippen MR) is 84.5 cm³/mol. The molecule has 0 radical (unpaired) electrons. The van der Waals surface area contributed by atoms with E-state index >= 15 is 0 Å². The fourth-order valence-corrected chi connectivity index (χ4v) is 1.93. The molecule has 0 fully saturated rings. The Hall–Kier alpha value is -3.03. The minimum atomic E-state index is -0.405. The molecule has 0 unspecified atom stereocenters. The van der Waals surface area contributed by atoms with Gasteiger partial charge in [-0.15, -0.1) is 0 Å². The lowest BCUT2D eigenvalue weighted by molar-refractivity contribution is 0.0950. The number of aromatic amines is 1. The van der Waals surface area contributed by atoms with Crippen LogP contribution in [-0.4, -0.2) is 43.6 Å². The zero-order valence-corrected chi connectivity index (χ0v) is 13.3. The first-order valence-corrected chi connectivity index (χ1v) is 6.74. The Labute approximate surface area is 133 Å². The third kappa shape index (κ3) is 3.79. The highest BCUT2D eigenvalue weighted by atomic mass is 16.5. The van der Waals surface area contributed by atoms with Gasteiger partial charge in [0.2, 0.25) is 5.75 Å². The first kappa shape index (κ1) is 16.3. The van der Waals surface area contributed by atoms with Crippen LogP contribution in [0.2, 0.25) is 0 Å². The Morgan fingerprint density at radius 1 is 1.17 bits per heavy atom. The zero-order valence-electron chi connectivity index (χ0n) is 13.3. The summed E-state index contributed by atoms with van der Waals surface area (Å²) in [5, 5.41) is 10.4. The SMILES string of the molecule is COc1cc(C=NNC(=O)c2cc(C)[nH]n2)cc(OC)c1OC. The Balaban J connectivity index is 2.14. The number of ether oxygens (including phenoxy) is 3. The first-order chi connectivity index (χ1) is 11.1. The Morgan fingerprint density at radius 2 is 1.83 bits per heavy atom. The highest BCUT2D eigenvalue weighted by molar-refractivity contribution is 5.93. The first-order valence-electron chi connectivity index (χ1n) is 6.74. The van der Waals surface area contributed by atoms with E-state index < -0.39 is 5.91 Å². The van der Waals surface area contributed by atoms with Gasteiger partial charge in [0, 0.05) is 11.3 Å². The maximum Gasteiger partial charge on any atom is 0.291 e. The van der Waals surface area contributed by atoms with E-state index in [0.717, 1.165) is 5.69 Å². The van der Waals surface area contributed by atoms with Crippen LogP contribution >= 0.6 is 0 Å². The van der Waals surface area contributed by atoms with E-state index in [-0.39, 0.29) is 5.69 Å². The number of nitrogens with one attached hydrogen (secondary N) is 2. The topological polar surface area (TPSA) is 97.8 Å². The van der Waals surface area contributed by atoms with Crippen molar-refractivity contribution in [1.29, 1.82) is 0 Å². The molecule has 2 rings (SSSR count). The lowest BCUT2D eigenvalue weighted by Gasteiger charge is -2.12. The van der Waals surface area contributed by atoms with Gasteiger partial charge in [0.1, 0.15) is 0 Å². The molecule has 0 atom stereocenters. The van der Waals surface area contributed by atoms with E-state index in [1.165, 1.54) is 27.5 Å². The standard InChI is InChI=1S/C15H18N4O4/c1-9-5-11(18-17-9)15(20)19-16-8-10-6-12(21-2)14(23-4)13(7-10)22-3/h5-8H,1-4H3,(H,17,18)(H,19,20). The minimum Gasteiger partial charge on any atom is -0.493 e. The molecule has 1 aromatic carbocycles. The van der Waals surface area contributed by atoms with Crippen molar-refractivity contribution >= 4 is 12.1 Å². The predicted octanol–water partition coefficient (Wildman–Crippen LogP) is 1.51. The summed E-state index contributed by atoms with van der Waals surface area (Å²) in [6.45, 7) is 1.81. The quantitative estimate of drug-likeness (QED) is 0.621. The lowest BCUT2D eigenvalue weighted by Crippen LogP contribution is -2.18. The van der Waals surface area contributed by atoms with Crippen LogP contribution in [0.4, 0.5) is 0 Å². The molecule has 0 saturated heterocycles. The molecule has 23 heavy (non-hydrogen) atoms. The molecular formula is C15H18N4O4. The van der Waals surface area contributed by atoms with Gasteiger partial charge in [0.25, 0.3) is 5.91 Å². The van der Waals surface area contributed by atoms with Gasteiger partial charge in [0.05, 0.1) is 27.5 Å². The van der Waals surface area contributed by atoms with E-state index in [1.54, 1.807) is 18.2 Å². The molecule has 0 bridgehead atoms. The van der Waals surface area contributed by atoms with Crippen LogP contribution in [0.5, 0.6) is 17.2 Å². The summed E-state index contributed by atoms with van der Waals surface area (Å²) >= 11 is 0. The molecule has 122 valence electrons. The summed E-state index contributed by atoms with van der Waals surface area (Å²) < 4.78 is 15.7. The van der Waals surface area contributed by atoms with Gasteiger partial charge < -0.3 is 14.2 Å². The number of hydrogen-bond acceptors (Lipinski definition) is 6. The van der Waals surface area contributed by atoms with Crippen molar-refractivity contribution in [1.82, 2.24) is 15.6 Å². The number of hydrazone groups is 1. The number of methoxy groups -OCH3 is 3. The molecule has 0 spiro atoms. The monoisotopic (exact) mass is 318 g/mol. The van der Waals surface area contributed by atoms with E-state index in [1.807, 2.05) is 6.92 Å². The summed E-state index contributed by atoms with van der Waals surface area (Å²) in [5.41, 5.74) is 4.14. The molecule has 2 N–H and O–H groups in total. The molecule has 8 heteroatoms. The molecule has 1 aromatic heterocycles. The van der Waals surface area contributed by atoms with Crippen LogP contribution in [0.25, 0.3) is 0 Å². The Morgan fingerprint density at radius 3 is 2.30 bits per heavy atom. The van der Waals surface area contributed by atoms with Crippen LogP contribution in [0.3, 0.4) is 0 Å². The third-order valence-corrected chi connectivity index (χ3v) is 3.01. The smallest absolute Gasteiger partial charge is 0.291 e. The second kappa shape index (κ2) is 7.30. The molecule has 0 saturated carbocycles. The second-order valence-corrected chi connectivity index (χ2v) is 4.59. The zero-order chi connectivity index (χ0) is 16.8. The maximum absolute atomic E-state index is 11.8. The second-order valence-electron chi connectivity index (χ2n) is 4.59. The van der Waals surface area contributed by atoms with Gasteiger partial charge in [-0.3, -0.25) is 9.89 Å². The van der Waals surface area contributed by atoms with Gasteiger partial charge in [-0.05, 0) is 25.1 Å². The number of aromatic nitrogens is 2. The normalized spacial score (nSPS) is 10.6. The number of carbonyl (C=O) groups is 1. The van der Waals surface area contributed by atoms with Crippen molar-refractivity contribution in [3.8, 4) is 17.2 Å². The van der Waals surface area contributed by atoms with Crippen LogP contribution in [0.15, 0.2) is 23.3 Å². The molecule has 0 aliphatic carbocycles. The van der Waals surface area contributed by atoms with Crippen molar-refractivity contribution in [2.24, 2.45) is 5.10 Å².